The van der Waals surface area contributed by atoms with Crippen LogP contribution in [0.5, 0.6) is 5.75 Å². The molecule has 6 nitrogen and oxygen atoms in total. The molecule has 0 spiro atoms. The van der Waals surface area contributed by atoms with Gasteiger partial charge < -0.3 is 19.4 Å². The van der Waals surface area contributed by atoms with Crippen LogP contribution in [0.25, 0.3) is 0 Å². The van der Waals surface area contributed by atoms with E-state index in [4.69, 9.17) is 9.15 Å². The highest BCUT2D eigenvalue weighted by Crippen LogP contribution is 2.41. The maximum atomic E-state index is 13.1. The zero-order valence-corrected chi connectivity index (χ0v) is 18.7. The molecule has 2 heterocycles. The van der Waals surface area contributed by atoms with E-state index in [1.165, 1.54) is 5.56 Å². The number of carbonyl (C=O) groups is 2. The van der Waals surface area contributed by atoms with Crippen LogP contribution in [0, 0.1) is 5.92 Å². The summed E-state index contributed by atoms with van der Waals surface area (Å²) in [6.07, 6.45) is 3.70. The second kappa shape index (κ2) is 9.14. The van der Waals surface area contributed by atoms with Gasteiger partial charge in [0.25, 0.3) is 5.91 Å². The lowest BCUT2D eigenvalue weighted by molar-refractivity contribution is -0.134. The first-order valence-electron chi connectivity index (χ1n) is 11.5. The van der Waals surface area contributed by atoms with Gasteiger partial charge in [0.1, 0.15) is 11.5 Å². The van der Waals surface area contributed by atoms with Crippen LogP contribution in [-0.4, -0.2) is 29.4 Å². The maximum Gasteiger partial charge on any atom is 0.261 e. The van der Waals surface area contributed by atoms with E-state index >= 15 is 0 Å². The van der Waals surface area contributed by atoms with Crippen LogP contribution in [0.15, 0.2) is 71.3 Å². The first kappa shape index (κ1) is 21.3. The predicted molar refractivity (Wildman–Crippen MR) is 124 cm³/mol. The van der Waals surface area contributed by atoms with E-state index < -0.39 is 6.10 Å². The molecule has 1 aliphatic heterocycles. The summed E-state index contributed by atoms with van der Waals surface area (Å²) in [7, 11) is 0. The number of fused-ring (bicyclic) bond motifs is 1. The molecule has 2 aliphatic rings. The number of hydrogen-bond donors (Lipinski definition) is 1. The van der Waals surface area contributed by atoms with Gasteiger partial charge in [-0.25, -0.2) is 0 Å². The average molecular weight is 445 g/mol. The van der Waals surface area contributed by atoms with E-state index in [2.05, 4.69) is 23.5 Å². The van der Waals surface area contributed by atoms with E-state index in [1.807, 2.05) is 41.3 Å². The first-order chi connectivity index (χ1) is 16.1. The van der Waals surface area contributed by atoms with Crippen LogP contribution in [0.3, 0.4) is 0 Å². The van der Waals surface area contributed by atoms with Crippen molar-refractivity contribution in [3.05, 3.63) is 89.4 Å². The molecule has 1 aromatic heterocycles. The Morgan fingerprint density at radius 2 is 1.94 bits per heavy atom. The lowest BCUT2D eigenvalue weighted by Gasteiger charge is -2.38. The van der Waals surface area contributed by atoms with Gasteiger partial charge in [-0.2, -0.15) is 0 Å². The van der Waals surface area contributed by atoms with Crippen molar-refractivity contribution in [2.75, 3.05) is 6.54 Å². The predicted octanol–water partition coefficient (Wildman–Crippen LogP) is 4.25. The standard InChI is InChI=1S/C27H28N2O4/c1-18(26(30)28-17-23-8-5-15-32-23)33-22-12-11-19-13-14-29(27(31)21-9-10-21)25(24(19)16-22)20-6-3-2-4-7-20/h2-8,11-12,15-16,18,21,25H,9-10,13-14,17H2,1H3,(H,28,30). The van der Waals surface area contributed by atoms with Crippen molar-refractivity contribution in [3.8, 4) is 5.75 Å². The van der Waals surface area contributed by atoms with Gasteiger partial charge in [0.15, 0.2) is 6.10 Å². The smallest absolute Gasteiger partial charge is 0.261 e. The normalized spacial score (nSPS) is 18.3. The molecule has 0 bridgehead atoms. The summed E-state index contributed by atoms with van der Waals surface area (Å²) in [5.41, 5.74) is 3.38. The Morgan fingerprint density at radius 1 is 1.12 bits per heavy atom. The summed E-state index contributed by atoms with van der Waals surface area (Å²) < 4.78 is 11.3. The maximum absolute atomic E-state index is 13.1. The number of carbonyl (C=O) groups excluding carboxylic acids is 2. The number of ether oxygens (including phenoxy) is 1. The van der Waals surface area contributed by atoms with Crippen molar-refractivity contribution in [2.24, 2.45) is 5.92 Å². The molecule has 2 atom stereocenters. The molecule has 1 N–H and O–H groups in total. The van der Waals surface area contributed by atoms with Gasteiger partial charge >= 0.3 is 0 Å². The molecular formula is C27H28N2O4. The Bertz CT molecular complexity index is 1120. The van der Waals surface area contributed by atoms with E-state index in [1.54, 1.807) is 19.3 Å². The van der Waals surface area contributed by atoms with E-state index in [-0.39, 0.29) is 23.8 Å². The fraction of sp³-hybridized carbons (Fsp3) is 0.333. The zero-order chi connectivity index (χ0) is 22.8. The van der Waals surface area contributed by atoms with E-state index in [0.717, 1.165) is 30.4 Å². The summed E-state index contributed by atoms with van der Waals surface area (Å²) in [5.74, 6) is 1.50. The number of nitrogens with one attached hydrogen (secondary N) is 1. The van der Waals surface area contributed by atoms with Crippen molar-refractivity contribution < 1.29 is 18.7 Å². The SMILES string of the molecule is CC(Oc1ccc2c(c1)C(c1ccccc1)N(C(=O)C1CC1)CC2)C(=O)NCc1ccco1. The molecule has 1 aliphatic carbocycles. The molecule has 170 valence electrons. The van der Waals surface area contributed by atoms with Crippen LogP contribution in [-0.2, 0) is 22.6 Å². The van der Waals surface area contributed by atoms with Gasteiger partial charge in [-0.1, -0.05) is 36.4 Å². The highest BCUT2D eigenvalue weighted by molar-refractivity contribution is 5.82. The van der Waals surface area contributed by atoms with Gasteiger partial charge in [0.2, 0.25) is 5.91 Å². The number of amides is 2. The molecule has 2 unspecified atom stereocenters. The number of rotatable bonds is 7. The Morgan fingerprint density at radius 3 is 2.67 bits per heavy atom. The van der Waals surface area contributed by atoms with Crippen LogP contribution in [0.1, 0.15) is 48.3 Å². The van der Waals surface area contributed by atoms with Crippen LogP contribution in [0.2, 0.25) is 0 Å². The molecule has 0 radical (unpaired) electrons. The molecule has 1 fully saturated rings. The summed E-state index contributed by atoms with van der Waals surface area (Å²) in [5, 5.41) is 2.83. The van der Waals surface area contributed by atoms with E-state index in [0.29, 0.717) is 24.6 Å². The minimum atomic E-state index is -0.666. The third-order valence-corrected chi connectivity index (χ3v) is 6.37. The number of hydrogen-bond acceptors (Lipinski definition) is 4. The van der Waals surface area contributed by atoms with Crippen LogP contribution in [0.4, 0.5) is 0 Å². The third kappa shape index (κ3) is 4.65. The Hall–Kier alpha value is -3.54. The molecular weight excluding hydrogens is 416 g/mol. The van der Waals surface area contributed by atoms with Crippen molar-refractivity contribution in [1.29, 1.82) is 0 Å². The summed E-state index contributed by atoms with van der Waals surface area (Å²) in [6.45, 7) is 2.76. The van der Waals surface area contributed by atoms with Gasteiger partial charge in [-0.3, -0.25) is 9.59 Å². The van der Waals surface area contributed by atoms with Crippen LogP contribution >= 0.6 is 0 Å². The molecule has 6 heteroatoms. The van der Waals surface area contributed by atoms with Gasteiger partial charge in [0, 0.05) is 12.5 Å². The molecule has 2 aromatic carbocycles. The fourth-order valence-electron chi connectivity index (χ4n) is 4.45. The molecule has 5 rings (SSSR count). The largest absolute Gasteiger partial charge is 0.481 e. The lowest BCUT2D eigenvalue weighted by Crippen LogP contribution is -2.41. The van der Waals surface area contributed by atoms with Gasteiger partial charge in [0.05, 0.1) is 18.8 Å². The monoisotopic (exact) mass is 444 g/mol. The van der Waals surface area contributed by atoms with Crippen molar-refractivity contribution in [3.63, 3.8) is 0 Å². The summed E-state index contributed by atoms with van der Waals surface area (Å²) >= 11 is 0. The zero-order valence-electron chi connectivity index (χ0n) is 18.7. The Labute approximate surface area is 193 Å². The molecule has 3 aromatic rings. The highest BCUT2D eigenvalue weighted by Gasteiger charge is 2.39. The highest BCUT2D eigenvalue weighted by atomic mass is 16.5. The molecule has 2 amide bonds. The second-order valence-corrected chi connectivity index (χ2v) is 8.79. The lowest BCUT2D eigenvalue weighted by atomic mass is 9.87. The molecule has 1 saturated carbocycles. The fourth-order valence-corrected chi connectivity index (χ4v) is 4.45. The van der Waals surface area contributed by atoms with Gasteiger partial charge in [-0.15, -0.1) is 0 Å². The number of furan rings is 1. The third-order valence-electron chi connectivity index (χ3n) is 6.37. The Kier molecular flexibility index (Phi) is 5.90. The second-order valence-electron chi connectivity index (χ2n) is 8.79. The molecule has 33 heavy (non-hydrogen) atoms. The van der Waals surface area contributed by atoms with Crippen molar-refractivity contribution in [2.45, 2.75) is 44.9 Å². The average Bonchev–Trinajstić information content (AvgIpc) is 3.57. The van der Waals surface area contributed by atoms with E-state index in [9.17, 15) is 9.59 Å². The topological polar surface area (TPSA) is 71.8 Å². The van der Waals surface area contributed by atoms with Crippen molar-refractivity contribution >= 4 is 11.8 Å². The number of nitrogens with zero attached hydrogens (tertiary/aromatic N) is 1. The number of benzene rings is 2. The summed E-state index contributed by atoms with van der Waals surface area (Å²) in [4.78, 5) is 27.6. The minimum absolute atomic E-state index is 0.144. The van der Waals surface area contributed by atoms with Gasteiger partial charge in [-0.05, 0) is 67.1 Å². The Balaban J connectivity index is 1.37. The quantitative estimate of drug-likeness (QED) is 0.592. The minimum Gasteiger partial charge on any atom is -0.481 e. The first-order valence-corrected chi connectivity index (χ1v) is 11.5. The van der Waals surface area contributed by atoms with Crippen LogP contribution < -0.4 is 10.1 Å². The van der Waals surface area contributed by atoms with Crippen molar-refractivity contribution in [1.82, 2.24) is 10.2 Å². The summed E-state index contributed by atoms with van der Waals surface area (Å²) in [6, 6.07) is 19.6. The molecule has 0 saturated heterocycles.